The molecule has 1 saturated heterocycles. The van der Waals surface area contributed by atoms with Gasteiger partial charge >= 0.3 is 5.97 Å². The van der Waals surface area contributed by atoms with Gasteiger partial charge in [-0.15, -0.1) is 0 Å². The summed E-state index contributed by atoms with van der Waals surface area (Å²) < 4.78 is 67.6. The Morgan fingerprint density at radius 2 is 0.846 bits per heavy atom. The molecule has 1 heterocycles. The lowest BCUT2D eigenvalue weighted by molar-refractivity contribution is -0.281. The van der Waals surface area contributed by atoms with Crippen molar-refractivity contribution >= 4 is 5.97 Å². The maximum Gasteiger partial charge on any atom is 0.303 e. The lowest BCUT2D eigenvalue weighted by Crippen LogP contribution is -2.62. The van der Waals surface area contributed by atoms with Crippen LogP contribution in [-0.2, 0) is 93.7 Å². The highest BCUT2D eigenvalue weighted by molar-refractivity contribution is 5.66. The fourth-order valence-corrected chi connectivity index (χ4v) is 9.51. The van der Waals surface area contributed by atoms with Crippen LogP contribution in [0.4, 0.5) is 0 Å². The molecule has 0 amide bonds. The number of aliphatic hydroxyl groups is 2. The Bertz CT molecular complexity index is 2720. The van der Waals surface area contributed by atoms with E-state index in [-0.39, 0.29) is 52.7 Å². The van der Waals surface area contributed by atoms with Gasteiger partial charge in [0.25, 0.3) is 0 Å². The van der Waals surface area contributed by atoms with Crippen LogP contribution in [0.25, 0.3) is 0 Å². The summed E-state index contributed by atoms with van der Waals surface area (Å²) >= 11 is 0. The highest BCUT2D eigenvalue weighted by atomic mass is 16.6. The molecule has 8 rings (SSSR count). The first-order valence-electron chi connectivity index (χ1n) is 26.6. The molecule has 7 aromatic carbocycles. The zero-order chi connectivity index (χ0) is 54.2. The molecule has 1 aliphatic rings. The summed E-state index contributed by atoms with van der Waals surface area (Å²) in [6.07, 6.45) is -10.3. The first-order chi connectivity index (χ1) is 38.3. The lowest BCUT2D eigenvalue weighted by atomic mass is 9.88. The zero-order valence-electron chi connectivity index (χ0n) is 44.4. The van der Waals surface area contributed by atoms with Crippen LogP contribution in [0.2, 0.25) is 0 Å². The van der Waals surface area contributed by atoms with E-state index in [1.807, 2.05) is 206 Å². The van der Waals surface area contributed by atoms with E-state index in [0.717, 1.165) is 38.9 Å². The summed E-state index contributed by atoms with van der Waals surface area (Å²) in [6.45, 7) is 1.78. The normalized spacial score (nSPS) is 19.3. The van der Waals surface area contributed by atoms with E-state index < -0.39 is 73.6 Å². The number of esters is 1. The molecule has 78 heavy (non-hydrogen) atoms. The monoisotopic (exact) mass is 1060 g/mol. The minimum absolute atomic E-state index is 0.0190. The average molecular weight is 1060 g/mol. The molecule has 1 aliphatic heterocycles. The molecule has 10 atom stereocenters. The van der Waals surface area contributed by atoms with Crippen molar-refractivity contribution in [2.45, 2.75) is 121 Å². The Hall–Kier alpha value is -6.59. The second-order valence-corrected chi connectivity index (χ2v) is 19.3. The number of hydrogen-bond donors (Lipinski definition) is 2. The molecule has 1 fully saturated rings. The van der Waals surface area contributed by atoms with Gasteiger partial charge in [0.15, 0.2) is 6.10 Å². The predicted molar refractivity (Wildman–Crippen MR) is 295 cm³/mol. The van der Waals surface area contributed by atoms with Gasteiger partial charge in [0.05, 0.1) is 72.7 Å². The third-order valence-corrected chi connectivity index (χ3v) is 13.5. The molecular formula is C65H72O13. The van der Waals surface area contributed by atoms with Crippen molar-refractivity contribution in [2.24, 2.45) is 0 Å². The van der Waals surface area contributed by atoms with Crippen molar-refractivity contribution < 1.29 is 62.4 Å². The predicted octanol–water partition coefficient (Wildman–Crippen LogP) is 10.2. The maximum absolute atomic E-state index is 13.7. The topological polar surface area (TPSA) is 150 Å². The first-order valence-corrected chi connectivity index (χ1v) is 26.6. The van der Waals surface area contributed by atoms with Crippen LogP contribution < -0.4 is 4.74 Å². The molecule has 0 aliphatic carbocycles. The van der Waals surface area contributed by atoms with Crippen LogP contribution >= 0.6 is 0 Å². The van der Waals surface area contributed by atoms with Crippen LogP contribution in [0.15, 0.2) is 206 Å². The number of carbonyl (C=O) groups excluding carboxylic acids is 1. The van der Waals surface area contributed by atoms with Gasteiger partial charge in [-0.25, -0.2) is 0 Å². The smallest absolute Gasteiger partial charge is 0.303 e. The quantitative estimate of drug-likeness (QED) is 0.0398. The van der Waals surface area contributed by atoms with Gasteiger partial charge < -0.3 is 57.6 Å². The van der Waals surface area contributed by atoms with E-state index in [0.29, 0.717) is 12.4 Å². The van der Waals surface area contributed by atoms with Crippen molar-refractivity contribution in [3.05, 3.63) is 245 Å². The van der Waals surface area contributed by atoms with Crippen molar-refractivity contribution in [3.63, 3.8) is 0 Å². The number of rotatable bonds is 31. The van der Waals surface area contributed by atoms with Crippen LogP contribution in [0, 0.1) is 0 Å². The minimum Gasteiger partial charge on any atom is -0.497 e. The summed E-state index contributed by atoms with van der Waals surface area (Å²) in [6, 6.07) is 66.1. The van der Waals surface area contributed by atoms with E-state index >= 15 is 0 Å². The van der Waals surface area contributed by atoms with Gasteiger partial charge in [-0.2, -0.15) is 0 Å². The average Bonchev–Trinajstić information content (AvgIpc) is 3.53. The number of hydrogen-bond acceptors (Lipinski definition) is 13. The van der Waals surface area contributed by atoms with Gasteiger partial charge in [0.1, 0.15) is 54.6 Å². The third-order valence-electron chi connectivity index (χ3n) is 13.5. The Balaban J connectivity index is 1.24. The molecular weight excluding hydrogens is 989 g/mol. The summed E-state index contributed by atoms with van der Waals surface area (Å²) in [4.78, 5) is 13.7. The molecule has 0 aromatic heterocycles. The molecule has 7 aromatic rings. The van der Waals surface area contributed by atoms with Gasteiger partial charge in [0.2, 0.25) is 0 Å². The van der Waals surface area contributed by atoms with Crippen LogP contribution in [0.3, 0.4) is 0 Å². The van der Waals surface area contributed by atoms with Crippen LogP contribution in [0.1, 0.15) is 52.3 Å². The largest absolute Gasteiger partial charge is 0.497 e. The number of benzene rings is 7. The fraction of sp³-hybridized carbons (Fsp3) is 0.338. The fourth-order valence-electron chi connectivity index (χ4n) is 9.51. The second kappa shape index (κ2) is 31.1. The summed E-state index contributed by atoms with van der Waals surface area (Å²) in [5, 5.41) is 22.6. The molecule has 13 heteroatoms. The van der Waals surface area contributed by atoms with E-state index in [4.69, 9.17) is 47.4 Å². The van der Waals surface area contributed by atoms with Gasteiger partial charge in [-0.3, -0.25) is 4.79 Å². The molecule has 0 spiro atoms. The number of aliphatic hydroxyl groups excluding tert-OH is 2. The Morgan fingerprint density at radius 1 is 0.462 bits per heavy atom. The molecule has 13 nitrogen and oxygen atoms in total. The first kappa shape index (κ1) is 57.6. The van der Waals surface area contributed by atoms with E-state index in [9.17, 15) is 15.0 Å². The standard InChI is InChI=1S/C65H72O13/c1-47(67)77-63(64(75-44-52-29-17-7-18-30-52)60(56(68)38-66)72-41-49-23-11-4-12-24-49)57(71-40-54-33-35-55(69-2)36-34-54)37-58-61(73-42-50-25-13-5-14-26-50)65(76-45-53-31-19-8-20-32-53)62(74-43-51-27-15-6-16-28-51)59(78-58)46-70-39-48-21-9-3-10-22-48/h3-36,56-66,68H,37-46H2,1-2H3/t56-,57+,58-,59+,60+,61-,62+,63+,64-,65+/m0/s1. The summed E-state index contributed by atoms with van der Waals surface area (Å²) in [5.74, 6) is 0.0257. The number of methoxy groups -OCH3 is 1. The second-order valence-electron chi connectivity index (χ2n) is 19.3. The molecule has 0 bridgehead atoms. The van der Waals surface area contributed by atoms with Crippen molar-refractivity contribution in [1.82, 2.24) is 0 Å². The highest BCUT2D eigenvalue weighted by Gasteiger charge is 2.51. The van der Waals surface area contributed by atoms with E-state index in [1.165, 1.54) is 6.92 Å². The van der Waals surface area contributed by atoms with Crippen LogP contribution in [-0.4, -0.2) is 97.5 Å². The SMILES string of the molecule is COc1ccc(CO[C@H](C[C@@H]2O[C@H](COCc3ccccc3)[C@@H](OCc3ccccc3)[C@H](OCc3ccccc3)[C@H]2OCc2ccccc2)[C@@H](OC(C)=O)[C@@H](OCc2ccccc2)[C@H](OCc2ccccc2)[C@@H](O)CO)cc1. The minimum atomic E-state index is -1.49. The van der Waals surface area contributed by atoms with Gasteiger partial charge in [-0.05, 0) is 51.1 Å². The zero-order valence-corrected chi connectivity index (χ0v) is 44.4. The Labute approximate surface area is 458 Å². The third kappa shape index (κ3) is 17.7. The summed E-state index contributed by atoms with van der Waals surface area (Å²) in [7, 11) is 1.60. The molecule has 2 N–H and O–H groups in total. The van der Waals surface area contributed by atoms with Gasteiger partial charge in [0, 0.05) is 13.3 Å². The Morgan fingerprint density at radius 3 is 1.28 bits per heavy atom. The van der Waals surface area contributed by atoms with Crippen molar-refractivity contribution in [3.8, 4) is 5.75 Å². The maximum atomic E-state index is 13.7. The highest BCUT2D eigenvalue weighted by Crippen LogP contribution is 2.36. The van der Waals surface area contributed by atoms with Gasteiger partial charge in [-0.1, -0.05) is 194 Å². The summed E-state index contributed by atoms with van der Waals surface area (Å²) in [5.41, 5.74) is 6.22. The Kier molecular flexibility index (Phi) is 23.0. The molecule has 0 unspecified atom stereocenters. The molecule has 0 saturated carbocycles. The number of carbonyl (C=O) groups is 1. The van der Waals surface area contributed by atoms with Crippen molar-refractivity contribution in [2.75, 3.05) is 20.3 Å². The van der Waals surface area contributed by atoms with Crippen molar-refractivity contribution in [1.29, 1.82) is 0 Å². The number of ether oxygens (including phenoxy) is 10. The molecule has 0 radical (unpaired) electrons. The lowest BCUT2D eigenvalue weighted by Gasteiger charge is -2.47. The molecule has 410 valence electrons. The van der Waals surface area contributed by atoms with Crippen LogP contribution in [0.5, 0.6) is 5.75 Å². The van der Waals surface area contributed by atoms with E-state index in [1.54, 1.807) is 7.11 Å². The van der Waals surface area contributed by atoms with E-state index in [2.05, 4.69) is 0 Å².